The molecular formula is C19H23NO3. The van der Waals surface area contributed by atoms with Crippen molar-refractivity contribution in [3.63, 3.8) is 0 Å². The lowest BCUT2D eigenvalue weighted by Gasteiger charge is -2.26. The van der Waals surface area contributed by atoms with Crippen LogP contribution in [0.4, 0.5) is 0 Å². The fourth-order valence-electron chi connectivity index (χ4n) is 3.11. The molecule has 1 aliphatic rings. The third-order valence-corrected chi connectivity index (χ3v) is 4.39. The predicted molar refractivity (Wildman–Crippen MR) is 91.3 cm³/mol. The predicted octanol–water partition coefficient (Wildman–Crippen LogP) is 3.79. The smallest absolute Gasteiger partial charge is 0.335 e. The zero-order valence-electron chi connectivity index (χ0n) is 13.3. The van der Waals surface area contributed by atoms with Crippen LogP contribution >= 0.6 is 0 Å². The van der Waals surface area contributed by atoms with Gasteiger partial charge in [-0.05, 0) is 67.4 Å². The maximum Gasteiger partial charge on any atom is 0.335 e. The number of fused-ring (bicyclic) bond motifs is 1. The highest BCUT2D eigenvalue weighted by molar-refractivity contribution is 5.94. The number of aromatic carboxylic acids is 1. The third kappa shape index (κ3) is 4.23. The molecule has 0 saturated carbocycles. The number of benzene rings is 2. The largest absolute Gasteiger partial charge is 0.494 e. The number of nitrogens with zero attached hydrogens (tertiary/aromatic N) is 1. The maximum atomic E-state index is 11.0. The van der Waals surface area contributed by atoms with Gasteiger partial charge in [-0.15, -0.1) is 0 Å². The maximum absolute atomic E-state index is 11.0. The van der Waals surface area contributed by atoms with Crippen LogP contribution < -0.4 is 4.74 Å². The molecule has 2 aromatic carbocycles. The lowest BCUT2D eigenvalue weighted by atomic mass is 10.1. The summed E-state index contributed by atoms with van der Waals surface area (Å²) in [5.41, 5.74) is 0.313. The van der Waals surface area contributed by atoms with Crippen LogP contribution in [0.5, 0.6) is 5.75 Å². The molecule has 1 heterocycles. The number of carbonyl (C=O) groups is 1. The first-order chi connectivity index (χ1) is 11.2. The van der Waals surface area contributed by atoms with Crippen LogP contribution in [-0.2, 0) is 0 Å². The summed E-state index contributed by atoms with van der Waals surface area (Å²) in [5, 5.41) is 10.9. The Morgan fingerprint density at radius 2 is 1.78 bits per heavy atom. The van der Waals surface area contributed by atoms with Crippen LogP contribution in [0.2, 0.25) is 0 Å². The molecule has 0 bridgehead atoms. The van der Waals surface area contributed by atoms with Gasteiger partial charge in [-0.2, -0.15) is 0 Å². The Balaban J connectivity index is 1.53. The quantitative estimate of drug-likeness (QED) is 0.824. The molecule has 0 radical (unpaired) electrons. The summed E-state index contributed by atoms with van der Waals surface area (Å²) in [6.45, 7) is 4.27. The number of carboxylic acid groups (broad SMARTS) is 1. The van der Waals surface area contributed by atoms with Crippen molar-refractivity contribution in [2.45, 2.75) is 25.7 Å². The highest BCUT2D eigenvalue weighted by atomic mass is 16.5. The molecule has 0 atom stereocenters. The van der Waals surface area contributed by atoms with Crippen LogP contribution in [0.1, 0.15) is 36.0 Å². The lowest BCUT2D eigenvalue weighted by Crippen LogP contribution is -2.31. The van der Waals surface area contributed by atoms with E-state index in [0.717, 1.165) is 36.1 Å². The van der Waals surface area contributed by atoms with Crippen LogP contribution in [0.3, 0.4) is 0 Å². The minimum atomic E-state index is -0.898. The summed E-state index contributed by atoms with van der Waals surface area (Å²) >= 11 is 0. The van der Waals surface area contributed by atoms with Crippen molar-refractivity contribution < 1.29 is 14.6 Å². The van der Waals surface area contributed by atoms with E-state index in [9.17, 15) is 4.79 Å². The van der Waals surface area contributed by atoms with Crippen molar-refractivity contribution in [1.82, 2.24) is 4.90 Å². The highest BCUT2D eigenvalue weighted by Gasteiger charge is 2.09. The SMILES string of the molecule is O=C(O)c1ccc2cc(OCCCN3CCCCC3)ccc2c1. The Hall–Kier alpha value is -2.07. The molecular weight excluding hydrogens is 290 g/mol. The van der Waals surface area contributed by atoms with Crippen LogP contribution in [0, 0.1) is 0 Å². The van der Waals surface area contributed by atoms with E-state index in [1.165, 1.54) is 32.4 Å². The molecule has 0 amide bonds. The molecule has 1 saturated heterocycles. The van der Waals surface area contributed by atoms with Gasteiger partial charge in [0.25, 0.3) is 0 Å². The first-order valence-electron chi connectivity index (χ1n) is 8.35. The Bertz CT molecular complexity index is 677. The van der Waals surface area contributed by atoms with Gasteiger partial charge in [0.05, 0.1) is 12.2 Å². The average molecular weight is 313 g/mol. The summed E-state index contributed by atoms with van der Waals surface area (Å²) in [5.74, 6) is -0.0517. The number of ether oxygens (including phenoxy) is 1. The summed E-state index contributed by atoms with van der Waals surface area (Å²) in [4.78, 5) is 13.5. The number of hydrogen-bond acceptors (Lipinski definition) is 3. The number of rotatable bonds is 6. The Labute approximate surface area is 136 Å². The molecule has 4 nitrogen and oxygen atoms in total. The van der Waals surface area contributed by atoms with Crippen molar-refractivity contribution in [1.29, 1.82) is 0 Å². The fraction of sp³-hybridized carbons (Fsp3) is 0.421. The first-order valence-corrected chi connectivity index (χ1v) is 8.35. The van der Waals surface area contributed by atoms with Gasteiger partial charge in [-0.1, -0.05) is 18.6 Å². The summed E-state index contributed by atoms with van der Waals surface area (Å²) in [6.07, 6.45) is 5.05. The van der Waals surface area contributed by atoms with Crippen molar-refractivity contribution in [2.24, 2.45) is 0 Å². The van der Waals surface area contributed by atoms with Crippen molar-refractivity contribution >= 4 is 16.7 Å². The van der Waals surface area contributed by atoms with Crippen LogP contribution in [0.15, 0.2) is 36.4 Å². The molecule has 2 aromatic rings. The van der Waals surface area contributed by atoms with Gasteiger partial charge in [0.2, 0.25) is 0 Å². The zero-order valence-corrected chi connectivity index (χ0v) is 13.3. The monoisotopic (exact) mass is 313 g/mol. The second-order valence-corrected chi connectivity index (χ2v) is 6.13. The molecule has 0 spiro atoms. The Morgan fingerprint density at radius 1 is 1.04 bits per heavy atom. The molecule has 122 valence electrons. The second-order valence-electron chi connectivity index (χ2n) is 6.13. The topological polar surface area (TPSA) is 49.8 Å². The lowest BCUT2D eigenvalue weighted by molar-refractivity contribution is 0.0697. The average Bonchev–Trinajstić information content (AvgIpc) is 2.59. The number of carboxylic acids is 1. The van der Waals surface area contributed by atoms with Crippen LogP contribution in [0.25, 0.3) is 10.8 Å². The van der Waals surface area contributed by atoms with E-state index < -0.39 is 5.97 Å². The highest BCUT2D eigenvalue weighted by Crippen LogP contribution is 2.22. The van der Waals surface area contributed by atoms with Gasteiger partial charge in [0.15, 0.2) is 0 Å². The summed E-state index contributed by atoms with van der Waals surface area (Å²) in [7, 11) is 0. The van der Waals surface area contributed by atoms with Gasteiger partial charge in [0.1, 0.15) is 5.75 Å². The van der Waals surface area contributed by atoms with E-state index in [1.54, 1.807) is 12.1 Å². The molecule has 0 unspecified atom stereocenters. The standard InChI is InChI=1S/C19H23NO3/c21-19(22)17-6-5-16-14-18(8-7-15(16)13-17)23-12-4-11-20-9-2-1-3-10-20/h5-8,13-14H,1-4,9-12H2,(H,21,22). The number of piperidine rings is 1. The third-order valence-electron chi connectivity index (χ3n) is 4.39. The van der Waals surface area contributed by atoms with Gasteiger partial charge >= 0.3 is 5.97 Å². The minimum Gasteiger partial charge on any atom is -0.494 e. The molecule has 23 heavy (non-hydrogen) atoms. The second kappa shape index (κ2) is 7.47. The van der Waals surface area contributed by atoms with E-state index in [-0.39, 0.29) is 0 Å². The molecule has 1 N–H and O–H groups in total. The summed E-state index contributed by atoms with van der Waals surface area (Å²) < 4.78 is 5.84. The minimum absolute atomic E-state index is 0.313. The number of hydrogen-bond donors (Lipinski definition) is 1. The Morgan fingerprint density at radius 3 is 2.57 bits per heavy atom. The van der Waals surface area contributed by atoms with Gasteiger partial charge < -0.3 is 14.7 Å². The van der Waals surface area contributed by atoms with E-state index in [1.807, 2.05) is 24.3 Å². The normalized spacial score (nSPS) is 15.7. The zero-order chi connectivity index (χ0) is 16.1. The molecule has 3 rings (SSSR count). The van der Waals surface area contributed by atoms with E-state index >= 15 is 0 Å². The summed E-state index contributed by atoms with van der Waals surface area (Å²) in [6, 6.07) is 11.0. The molecule has 1 aliphatic heterocycles. The molecule has 4 heteroatoms. The molecule has 0 aromatic heterocycles. The number of likely N-dealkylation sites (tertiary alicyclic amines) is 1. The fourth-order valence-corrected chi connectivity index (χ4v) is 3.11. The van der Waals surface area contributed by atoms with Crippen LogP contribution in [-0.4, -0.2) is 42.2 Å². The van der Waals surface area contributed by atoms with Crippen molar-refractivity contribution in [3.8, 4) is 5.75 Å². The first kappa shape index (κ1) is 15.8. The van der Waals surface area contributed by atoms with Crippen molar-refractivity contribution in [2.75, 3.05) is 26.2 Å². The molecule has 1 fully saturated rings. The van der Waals surface area contributed by atoms with Gasteiger partial charge in [-0.25, -0.2) is 4.79 Å². The Kier molecular flexibility index (Phi) is 5.13. The van der Waals surface area contributed by atoms with Gasteiger partial charge in [-0.3, -0.25) is 0 Å². The van der Waals surface area contributed by atoms with E-state index in [4.69, 9.17) is 9.84 Å². The van der Waals surface area contributed by atoms with E-state index in [2.05, 4.69) is 4.90 Å². The van der Waals surface area contributed by atoms with E-state index in [0.29, 0.717) is 5.56 Å². The van der Waals surface area contributed by atoms with Gasteiger partial charge in [0, 0.05) is 6.54 Å². The molecule has 0 aliphatic carbocycles. The van der Waals surface area contributed by atoms with Crippen molar-refractivity contribution in [3.05, 3.63) is 42.0 Å².